The maximum Gasteiger partial charge on any atom is 0.272 e. The Bertz CT molecular complexity index is 775. The van der Waals surface area contributed by atoms with E-state index in [2.05, 4.69) is 25.6 Å². The van der Waals surface area contributed by atoms with Crippen LogP contribution in [0.5, 0.6) is 0 Å². The van der Waals surface area contributed by atoms with Crippen LogP contribution in [0.1, 0.15) is 58.4 Å². The number of aliphatic hydroxyl groups is 1. The predicted octanol–water partition coefficient (Wildman–Crippen LogP) is 1.26. The standard InChI is InChI=1S/C18H25N5O3/c1-10-13(11(2)26-22-10)8-23-6-5-14(17(24)9-23)19-18(25)16-7-15(20-21-16)12-3-4-12/h7,12,14,17,24H,3-6,8-9H2,1-2H3,(H,19,25)(H,20,21)/t14-,17-/m1/s1. The van der Waals surface area contributed by atoms with Crippen molar-refractivity contribution in [2.75, 3.05) is 13.1 Å². The van der Waals surface area contributed by atoms with Crippen molar-refractivity contribution in [2.45, 2.75) is 57.7 Å². The van der Waals surface area contributed by atoms with Gasteiger partial charge in [0.05, 0.1) is 17.8 Å². The third-order valence-corrected chi connectivity index (χ3v) is 5.39. The molecular formula is C18H25N5O3. The topological polar surface area (TPSA) is 107 Å². The summed E-state index contributed by atoms with van der Waals surface area (Å²) < 4.78 is 5.20. The van der Waals surface area contributed by atoms with Gasteiger partial charge < -0.3 is 14.9 Å². The number of H-pyrrole nitrogens is 1. The molecule has 0 unspecified atom stereocenters. The molecule has 2 atom stereocenters. The van der Waals surface area contributed by atoms with E-state index in [9.17, 15) is 9.90 Å². The largest absolute Gasteiger partial charge is 0.390 e. The fraction of sp³-hybridized carbons (Fsp3) is 0.611. The van der Waals surface area contributed by atoms with Crippen LogP contribution in [-0.4, -0.2) is 56.5 Å². The molecule has 140 valence electrons. The van der Waals surface area contributed by atoms with E-state index < -0.39 is 6.10 Å². The number of hydrogen-bond donors (Lipinski definition) is 3. The normalized spacial score (nSPS) is 24.0. The van der Waals surface area contributed by atoms with Crippen LogP contribution < -0.4 is 5.32 Å². The third-order valence-electron chi connectivity index (χ3n) is 5.39. The van der Waals surface area contributed by atoms with E-state index in [0.29, 0.717) is 31.1 Å². The van der Waals surface area contributed by atoms with Crippen LogP contribution >= 0.6 is 0 Å². The van der Waals surface area contributed by atoms with Gasteiger partial charge in [0.25, 0.3) is 5.91 Å². The molecule has 3 N–H and O–H groups in total. The summed E-state index contributed by atoms with van der Waals surface area (Å²) in [5.74, 6) is 1.12. The highest BCUT2D eigenvalue weighted by molar-refractivity contribution is 5.92. The number of hydrogen-bond acceptors (Lipinski definition) is 6. The van der Waals surface area contributed by atoms with Crippen LogP contribution in [0.15, 0.2) is 10.6 Å². The molecule has 1 aliphatic heterocycles. The maximum absolute atomic E-state index is 12.4. The average molecular weight is 359 g/mol. The van der Waals surface area contributed by atoms with Gasteiger partial charge in [0.15, 0.2) is 0 Å². The van der Waals surface area contributed by atoms with Crippen molar-refractivity contribution in [1.29, 1.82) is 0 Å². The highest BCUT2D eigenvalue weighted by Gasteiger charge is 2.31. The van der Waals surface area contributed by atoms with E-state index in [1.807, 2.05) is 19.9 Å². The SMILES string of the molecule is Cc1noc(C)c1CN1CC[C@@H](NC(=O)c2cc(C3CC3)[nH]n2)[C@H](O)C1. The summed E-state index contributed by atoms with van der Waals surface area (Å²) in [6.07, 6.45) is 2.39. The van der Waals surface area contributed by atoms with Crippen LogP contribution in [0.3, 0.4) is 0 Å². The Hall–Kier alpha value is -2.19. The van der Waals surface area contributed by atoms with Crippen LogP contribution in [-0.2, 0) is 6.54 Å². The summed E-state index contributed by atoms with van der Waals surface area (Å²) in [6.45, 7) is 5.82. The van der Waals surface area contributed by atoms with Gasteiger partial charge in [-0.25, -0.2) is 0 Å². The number of nitrogens with one attached hydrogen (secondary N) is 2. The van der Waals surface area contributed by atoms with E-state index in [0.717, 1.165) is 42.1 Å². The Kier molecular flexibility index (Phi) is 4.54. The van der Waals surface area contributed by atoms with Crippen LogP contribution in [0.4, 0.5) is 0 Å². The molecule has 0 bridgehead atoms. The Labute approximate surface area is 151 Å². The van der Waals surface area contributed by atoms with Gasteiger partial charge in [0.2, 0.25) is 0 Å². The zero-order valence-electron chi connectivity index (χ0n) is 15.2. The second kappa shape index (κ2) is 6.85. The Balaban J connectivity index is 1.32. The van der Waals surface area contributed by atoms with Crippen molar-refractivity contribution in [1.82, 2.24) is 25.6 Å². The minimum Gasteiger partial charge on any atom is -0.390 e. The average Bonchev–Trinajstić information content (AvgIpc) is 3.27. The number of amides is 1. The number of aliphatic hydroxyl groups excluding tert-OH is 1. The number of rotatable bonds is 5. The number of aryl methyl sites for hydroxylation is 2. The summed E-state index contributed by atoms with van der Waals surface area (Å²) in [4.78, 5) is 14.6. The highest BCUT2D eigenvalue weighted by atomic mass is 16.5. The first-order valence-electron chi connectivity index (χ1n) is 9.19. The molecule has 1 aliphatic carbocycles. The van der Waals surface area contributed by atoms with Crippen molar-refractivity contribution in [3.05, 3.63) is 34.5 Å². The Morgan fingerprint density at radius 2 is 2.23 bits per heavy atom. The monoisotopic (exact) mass is 359 g/mol. The van der Waals surface area contributed by atoms with Gasteiger partial charge in [-0.2, -0.15) is 5.10 Å². The molecule has 4 rings (SSSR count). The number of β-amino-alcohol motifs (C(OH)–C–C–N with tert-alkyl or cyclic N) is 1. The molecule has 1 saturated heterocycles. The van der Waals surface area contributed by atoms with Crippen LogP contribution in [0, 0.1) is 13.8 Å². The van der Waals surface area contributed by atoms with E-state index in [4.69, 9.17) is 4.52 Å². The van der Waals surface area contributed by atoms with Gasteiger partial charge in [0.1, 0.15) is 11.5 Å². The van der Waals surface area contributed by atoms with Gasteiger partial charge in [-0.3, -0.25) is 14.8 Å². The Morgan fingerprint density at radius 1 is 1.42 bits per heavy atom. The molecule has 0 spiro atoms. The first kappa shape index (κ1) is 17.2. The number of carbonyl (C=O) groups is 1. The van der Waals surface area contributed by atoms with Crippen LogP contribution in [0.25, 0.3) is 0 Å². The molecule has 2 aromatic heterocycles. The van der Waals surface area contributed by atoms with E-state index in [1.54, 1.807) is 0 Å². The molecule has 2 aromatic rings. The fourth-order valence-electron chi connectivity index (χ4n) is 3.56. The molecule has 1 amide bonds. The summed E-state index contributed by atoms with van der Waals surface area (Å²) >= 11 is 0. The number of piperidine rings is 1. The minimum atomic E-state index is -0.616. The number of carbonyl (C=O) groups excluding carboxylic acids is 1. The summed E-state index contributed by atoms with van der Waals surface area (Å²) in [5, 5.41) is 24.4. The van der Waals surface area contributed by atoms with Crippen molar-refractivity contribution < 1.29 is 14.4 Å². The zero-order chi connectivity index (χ0) is 18.3. The predicted molar refractivity (Wildman–Crippen MR) is 93.7 cm³/mol. The van der Waals surface area contributed by atoms with Gasteiger partial charge in [0, 0.05) is 36.8 Å². The van der Waals surface area contributed by atoms with E-state index in [-0.39, 0.29) is 11.9 Å². The number of nitrogens with zero attached hydrogens (tertiary/aromatic N) is 3. The second-order valence-corrected chi connectivity index (χ2v) is 7.46. The fourth-order valence-corrected chi connectivity index (χ4v) is 3.56. The van der Waals surface area contributed by atoms with Crippen molar-refractivity contribution >= 4 is 5.91 Å². The Morgan fingerprint density at radius 3 is 2.88 bits per heavy atom. The lowest BCUT2D eigenvalue weighted by Gasteiger charge is -2.36. The first-order chi connectivity index (χ1) is 12.5. The number of likely N-dealkylation sites (tertiary alicyclic amines) is 1. The number of aromatic amines is 1. The lowest BCUT2D eigenvalue weighted by Crippen LogP contribution is -2.53. The summed E-state index contributed by atoms with van der Waals surface area (Å²) in [7, 11) is 0. The quantitative estimate of drug-likeness (QED) is 0.742. The molecule has 8 nitrogen and oxygen atoms in total. The number of aromatic nitrogens is 3. The van der Waals surface area contributed by atoms with Gasteiger partial charge in [-0.05, 0) is 39.2 Å². The van der Waals surface area contributed by atoms with Crippen LogP contribution in [0.2, 0.25) is 0 Å². The van der Waals surface area contributed by atoms with Crippen molar-refractivity contribution in [3.63, 3.8) is 0 Å². The van der Waals surface area contributed by atoms with E-state index in [1.165, 1.54) is 0 Å². The maximum atomic E-state index is 12.4. The van der Waals surface area contributed by atoms with Crippen molar-refractivity contribution in [2.24, 2.45) is 0 Å². The van der Waals surface area contributed by atoms with Gasteiger partial charge in [-0.1, -0.05) is 5.16 Å². The lowest BCUT2D eigenvalue weighted by atomic mass is 10.0. The van der Waals surface area contributed by atoms with Gasteiger partial charge in [-0.15, -0.1) is 0 Å². The smallest absolute Gasteiger partial charge is 0.272 e. The molecule has 26 heavy (non-hydrogen) atoms. The first-order valence-corrected chi connectivity index (χ1v) is 9.19. The molecule has 2 aliphatic rings. The molecule has 0 aromatic carbocycles. The molecule has 3 heterocycles. The molecule has 8 heteroatoms. The van der Waals surface area contributed by atoms with E-state index >= 15 is 0 Å². The minimum absolute atomic E-state index is 0.226. The summed E-state index contributed by atoms with van der Waals surface area (Å²) in [5.41, 5.74) is 3.39. The molecule has 0 radical (unpaired) electrons. The third kappa shape index (κ3) is 3.52. The highest BCUT2D eigenvalue weighted by Crippen LogP contribution is 2.39. The van der Waals surface area contributed by atoms with Crippen molar-refractivity contribution in [3.8, 4) is 0 Å². The lowest BCUT2D eigenvalue weighted by molar-refractivity contribution is 0.0346. The molecule has 1 saturated carbocycles. The van der Waals surface area contributed by atoms with Gasteiger partial charge >= 0.3 is 0 Å². The zero-order valence-corrected chi connectivity index (χ0v) is 15.2. The molecular weight excluding hydrogens is 334 g/mol. The summed E-state index contributed by atoms with van der Waals surface area (Å²) in [6, 6.07) is 1.57. The molecule has 2 fully saturated rings. The second-order valence-electron chi connectivity index (χ2n) is 7.46.